The van der Waals surface area contributed by atoms with Crippen LogP contribution in [0.4, 0.5) is 0 Å². The van der Waals surface area contributed by atoms with E-state index in [1.165, 1.54) is 0 Å². The van der Waals surface area contributed by atoms with Crippen molar-refractivity contribution in [2.24, 2.45) is 4.99 Å². The van der Waals surface area contributed by atoms with Crippen molar-refractivity contribution in [2.75, 3.05) is 6.61 Å². The standard InChI is InChI=1S/C6H13NO/c1-6(7-2)4-3-5-8/h6,8H,2-5H2,1H3/i8T. The van der Waals surface area contributed by atoms with E-state index in [1.54, 1.807) is 0 Å². The van der Waals surface area contributed by atoms with Crippen molar-refractivity contribution in [1.29, 1.82) is 1.43 Å². The van der Waals surface area contributed by atoms with Crippen molar-refractivity contribution in [3.8, 4) is 0 Å². The molecule has 1 atom stereocenters. The molecule has 0 aliphatic heterocycles. The molecule has 0 aliphatic carbocycles. The Labute approximate surface area is 51.7 Å². The number of aliphatic hydroxyl groups excluding tert-OH is 1. The highest BCUT2D eigenvalue weighted by molar-refractivity contribution is 5.23. The minimum absolute atomic E-state index is 0.306. The first-order chi connectivity index (χ1) is 4.31. The van der Waals surface area contributed by atoms with Crippen LogP contribution in [0.25, 0.3) is 0 Å². The molecular formula is C6H13NO. The van der Waals surface area contributed by atoms with Gasteiger partial charge in [-0.3, -0.25) is 4.99 Å². The Morgan fingerprint density at radius 2 is 2.75 bits per heavy atom. The maximum Gasteiger partial charge on any atom is 0.210 e. The second kappa shape index (κ2) is 4.78. The van der Waals surface area contributed by atoms with Crippen LogP contribution in [0.5, 0.6) is 0 Å². The van der Waals surface area contributed by atoms with E-state index in [4.69, 9.17) is 1.43 Å². The number of hydrogen-bond donors (Lipinski definition) is 1. The predicted octanol–water partition coefficient (Wildman–Crippen LogP) is 0.848. The summed E-state index contributed by atoms with van der Waals surface area (Å²) in [7, 11) is 0. The van der Waals surface area contributed by atoms with Crippen molar-refractivity contribution in [2.45, 2.75) is 25.8 Å². The molecule has 2 nitrogen and oxygen atoms in total. The molecule has 0 aromatic heterocycles. The molecule has 8 heavy (non-hydrogen) atoms. The third-order valence-electron chi connectivity index (χ3n) is 1.08. The summed E-state index contributed by atoms with van der Waals surface area (Å²) in [6, 6.07) is 0.306. The average molecular weight is 117 g/mol. The summed E-state index contributed by atoms with van der Waals surface area (Å²) in [4.78, 5) is 3.79. The topological polar surface area (TPSA) is 32.6 Å². The van der Waals surface area contributed by atoms with Gasteiger partial charge in [0.05, 0.1) is 0 Å². The van der Waals surface area contributed by atoms with E-state index in [0.29, 0.717) is 12.6 Å². The molecule has 0 radical (unpaired) electrons. The predicted molar refractivity (Wildman–Crippen MR) is 35.3 cm³/mol. The summed E-state index contributed by atoms with van der Waals surface area (Å²) in [5.74, 6) is 0. The number of rotatable bonds is 5. The summed E-state index contributed by atoms with van der Waals surface area (Å²) >= 11 is 0. The fourth-order valence-electron chi connectivity index (χ4n) is 0.470. The van der Waals surface area contributed by atoms with Gasteiger partial charge in [0.15, 0.2) is 0 Å². The summed E-state index contributed by atoms with van der Waals surface area (Å²) in [5.41, 5.74) is 0. The Morgan fingerprint density at radius 3 is 3.25 bits per heavy atom. The Bertz CT molecular complexity index is 77.5. The van der Waals surface area contributed by atoms with Crippen LogP contribution in [-0.2, 0) is 0 Å². The molecular weight excluding hydrogens is 102 g/mol. The van der Waals surface area contributed by atoms with Gasteiger partial charge in [0.1, 0.15) is 0 Å². The van der Waals surface area contributed by atoms with Gasteiger partial charge in [-0.25, -0.2) is 0 Å². The Balaban J connectivity index is 2.96. The van der Waals surface area contributed by atoms with E-state index in [9.17, 15) is 0 Å². The normalized spacial score (nSPS) is 14.9. The van der Waals surface area contributed by atoms with E-state index in [-0.39, 0.29) is 0 Å². The molecule has 48 valence electrons. The van der Waals surface area contributed by atoms with Gasteiger partial charge in [-0.15, -0.1) is 0 Å². The summed E-state index contributed by atoms with van der Waals surface area (Å²) in [6.45, 7) is 5.90. The lowest BCUT2D eigenvalue weighted by atomic mass is 10.2. The maximum absolute atomic E-state index is 6.36. The zero-order valence-electron chi connectivity index (χ0n) is 6.26. The second-order valence-electron chi connectivity index (χ2n) is 1.88. The smallest absolute Gasteiger partial charge is 0.210 e. The van der Waals surface area contributed by atoms with Crippen molar-refractivity contribution in [3.63, 3.8) is 0 Å². The van der Waals surface area contributed by atoms with E-state index in [0.717, 1.165) is 12.8 Å². The first-order valence-electron chi connectivity index (χ1n) is 3.26. The zero-order valence-corrected chi connectivity index (χ0v) is 5.26. The van der Waals surface area contributed by atoms with Gasteiger partial charge < -0.3 is 5.11 Å². The van der Waals surface area contributed by atoms with E-state index in [1.807, 2.05) is 6.92 Å². The first-order valence-corrected chi connectivity index (χ1v) is 2.85. The Kier molecular flexibility index (Phi) is 3.44. The van der Waals surface area contributed by atoms with E-state index >= 15 is 0 Å². The van der Waals surface area contributed by atoms with Crippen LogP contribution in [0.2, 0.25) is 0 Å². The monoisotopic (exact) mass is 117 g/mol. The molecule has 0 aliphatic rings. The average Bonchev–Trinajstić information content (AvgIpc) is 1.89. The highest BCUT2D eigenvalue weighted by atomic mass is 16.2. The highest BCUT2D eigenvalue weighted by Crippen LogP contribution is 1.97. The molecule has 0 saturated heterocycles. The quantitative estimate of drug-likeness (QED) is 0.420. The van der Waals surface area contributed by atoms with E-state index < -0.39 is 0 Å². The van der Waals surface area contributed by atoms with Crippen LogP contribution < -0.4 is 0 Å². The Morgan fingerprint density at radius 1 is 2.00 bits per heavy atom. The minimum Gasteiger partial charge on any atom is -0.396 e. The molecule has 0 aromatic rings. The number of aliphatic hydroxyl groups is 1. The number of nitrogens with zero attached hydrogens (tertiary/aromatic N) is 1. The second-order valence-corrected chi connectivity index (χ2v) is 1.88. The van der Waals surface area contributed by atoms with Crippen LogP contribution in [0.3, 0.4) is 0 Å². The first kappa shape index (κ1) is 5.76. The lowest BCUT2D eigenvalue weighted by molar-refractivity contribution is 0.281. The molecule has 1 unspecified atom stereocenters. The molecule has 1 N–H and O–H groups in total. The number of hydrogen-bond acceptors (Lipinski definition) is 2. The Hall–Kier alpha value is -0.370. The van der Waals surface area contributed by atoms with Crippen LogP contribution in [0, 0.1) is 0 Å². The fourth-order valence-corrected chi connectivity index (χ4v) is 0.470. The molecule has 0 heterocycles. The maximum atomic E-state index is 6.36. The van der Waals surface area contributed by atoms with Crippen LogP contribution in [0.15, 0.2) is 4.99 Å². The zero-order chi connectivity index (χ0) is 7.11. The SMILES string of the molecule is [3H]OCCCC(C)N=C. The molecule has 0 saturated carbocycles. The van der Waals surface area contributed by atoms with Gasteiger partial charge >= 0.3 is 0 Å². The van der Waals surface area contributed by atoms with Crippen molar-refractivity contribution in [1.82, 2.24) is 0 Å². The fraction of sp³-hybridized carbons (Fsp3) is 0.833. The number of aliphatic imine (C=N–C) groups is 1. The van der Waals surface area contributed by atoms with Crippen LogP contribution in [-0.4, -0.2) is 25.9 Å². The van der Waals surface area contributed by atoms with Gasteiger partial charge in [-0.1, -0.05) is 0 Å². The van der Waals surface area contributed by atoms with Gasteiger partial charge in [0, 0.05) is 12.6 Å². The third-order valence-corrected chi connectivity index (χ3v) is 1.08. The van der Waals surface area contributed by atoms with Gasteiger partial charge in [0.25, 0.3) is 0 Å². The molecule has 0 fully saturated rings. The largest absolute Gasteiger partial charge is 0.396 e. The summed E-state index contributed by atoms with van der Waals surface area (Å²) in [6.07, 6.45) is 1.85. The lowest BCUT2D eigenvalue weighted by Crippen LogP contribution is -1.97. The van der Waals surface area contributed by atoms with Gasteiger partial charge in [-0.2, -0.15) is 0 Å². The van der Waals surface area contributed by atoms with Crippen molar-refractivity contribution >= 4 is 6.72 Å². The minimum atomic E-state index is 0.306. The third kappa shape index (κ3) is 3.81. The lowest BCUT2D eigenvalue weighted by Gasteiger charge is -2.00. The summed E-state index contributed by atoms with van der Waals surface area (Å²) in [5, 5.41) is 4.12. The molecule has 0 bridgehead atoms. The summed E-state index contributed by atoms with van der Waals surface area (Å²) < 4.78 is 6.36. The molecule has 0 rings (SSSR count). The van der Waals surface area contributed by atoms with Crippen LogP contribution >= 0.6 is 0 Å². The van der Waals surface area contributed by atoms with Crippen molar-refractivity contribution < 1.29 is 5.11 Å². The van der Waals surface area contributed by atoms with Gasteiger partial charge in [0.2, 0.25) is 1.43 Å². The van der Waals surface area contributed by atoms with Gasteiger partial charge in [-0.05, 0) is 26.5 Å². The van der Waals surface area contributed by atoms with E-state index in [2.05, 4.69) is 16.8 Å². The molecule has 0 aromatic carbocycles. The molecule has 0 amide bonds. The highest BCUT2D eigenvalue weighted by Gasteiger charge is 1.93. The molecule has 2 heteroatoms. The van der Waals surface area contributed by atoms with Crippen LogP contribution in [0.1, 0.15) is 19.8 Å². The van der Waals surface area contributed by atoms with Crippen molar-refractivity contribution in [3.05, 3.63) is 0 Å². The molecule has 0 spiro atoms.